The normalized spacial score (nSPS) is 14.1. The molecule has 8 nitrogen and oxygen atoms in total. The van der Waals surface area contributed by atoms with E-state index in [1.807, 2.05) is 27.2 Å². The van der Waals surface area contributed by atoms with Crippen molar-refractivity contribution >= 4 is 13.7 Å². The summed E-state index contributed by atoms with van der Waals surface area (Å²) in [4.78, 5) is 23.3. The van der Waals surface area contributed by atoms with E-state index in [-0.39, 0.29) is 19.1 Å². The first-order valence-corrected chi connectivity index (χ1v) is 31.4. The van der Waals surface area contributed by atoms with Crippen molar-refractivity contribution in [3.63, 3.8) is 0 Å². The fourth-order valence-electron chi connectivity index (χ4n) is 8.90. The van der Waals surface area contributed by atoms with Crippen LogP contribution in [-0.4, -0.2) is 73.4 Å². The molecule has 69 heavy (non-hydrogen) atoms. The van der Waals surface area contributed by atoms with Crippen LogP contribution in [0.1, 0.15) is 290 Å². The van der Waals surface area contributed by atoms with Crippen LogP contribution in [-0.2, 0) is 18.4 Å². The summed E-state index contributed by atoms with van der Waals surface area (Å²) in [5.41, 5.74) is 0. The van der Waals surface area contributed by atoms with Crippen molar-refractivity contribution in [3.8, 4) is 0 Å². The van der Waals surface area contributed by atoms with E-state index < -0.39 is 20.0 Å². The average Bonchev–Trinajstić information content (AvgIpc) is 3.31. The van der Waals surface area contributed by atoms with E-state index in [1.54, 1.807) is 6.08 Å². The molecule has 0 aromatic carbocycles. The van der Waals surface area contributed by atoms with Gasteiger partial charge in [-0.2, -0.15) is 0 Å². The van der Waals surface area contributed by atoms with Crippen LogP contribution in [0.4, 0.5) is 0 Å². The molecule has 0 radical (unpaired) electrons. The largest absolute Gasteiger partial charge is 0.472 e. The number of phosphoric ester groups is 1. The van der Waals surface area contributed by atoms with E-state index in [2.05, 4.69) is 43.5 Å². The number of phosphoric acid groups is 1. The maximum Gasteiger partial charge on any atom is 0.472 e. The van der Waals surface area contributed by atoms with Crippen LogP contribution in [0.3, 0.4) is 0 Å². The number of aliphatic hydroxyl groups excluding tert-OH is 1. The zero-order valence-electron chi connectivity index (χ0n) is 46.6. The number of carbonyl (C=O) groups excluding carboxylic acids is 1. The second kappa shape index (κ2) is 51.6. The minimum Gasteiger partial charge on any atom is -0.387 e. The highest BCUT2D eigenvalue weighted by molar-refractivity contribution is 7.47. The topological polar surface area (TPSA) is 105 Å². The minimum atomic E-state index is -4.34. The Kier molecular flexibility index (Phi) is 50.7. The highest BCUT2D eigenvalue weighted by Crippen LogP contribution is 2.43. The molecule has 1 amide bonds. The van der Waals surface area contributed by atoms with Crippen molar-refractivity contribution in [1.29, 1.82) is 0 Å². The smallest absolute Gasteiger partial charge is 0.387 e. The Hall–Kier alpha value is -1.28. The number of rotatable bonds is 55. The quantitative estimate of drug-likeness (QED) is 0.0243. The minimum absolute atomic E-state index is 0.0632. The van der Waals surface area contributed by atoms with E-state index in [1.165, 1.54) is 225 Å². The van der Waals surface area contributed by atoms with Gasteiger partial charge in [-0.25, -0.2) is 4.57 Å². The van der Waals surface area contributed by atoms with Gasteiger partial charge in [-0.1, -0.05) is 269 Å². The van der Waals surface area contributed by atoms with Crippen molar-refractivity contribution < 1.29 is 32.9 Å². The Bertz CT molecular complexity index is 1220. The van der Waals surface area contributed by atoms with Crippen molar-refractivity contribution in [2.24, 2.45) is 0 Å². The van der Waals surface area contributed by atoms with Crippen LogP contribution in [0.25, 0.3) is 0 Å². The molecule has 3 atom stereocenters. The summed E-state index contributed by atoms with van der Waals surface area (Å²) < 4.78 is 23.7. The number of allylic oxidation sites excluding steroid dienone is 5. The summed E-state index contributed by atoms with van der Waals surface area (Å²) in [5, 5.41) is 13.9. The summed E-state index contributed by atoms with van der Waals surface area (Å²) in [7, 11) is 1.58. The van der Waals surface area contributed by atoms with Gasteiger partial charge < -0.3 is 19.8 Å². The molecule has 0 aliphatic rings. The molecule has 0 aliphatic heterocycles. The molecule has 0 aliphatic carbocycles. The number of likely N-dealkylation sites (N-methyl/N-ethyl adjacent to an activating group) is 1. The molecule has 3 unspecified atom stereocenters. The molecule has 408 valence electrons. The number of amides is 1. The van der Waals surface area contributed by atoms with Gasteiger partial charge in [0.05, 0.1) is 39.9 Å². The number of carbonyl (C=O) groups is 1. The molecule has 0 fully saturated rings. The lowest BCUT2D eigenvalue weighted by Crippen LogP contribution is -2.45. The lowest BCUT2D eigenvalue weighted by molar-refractivity contribution is -0.870. The SMILES string of the molecule is CCCCCCC/C=C\C/C=C\CCCCCCCCCCCCCCCCCCCCCC(=O)NC(COP(=O)(O)OCC[N+](C)(C)C)C(O)/C=C/CCCCCCCCCCCCCCCC. The number of hydrogen-bond acceptors (Lipinski definition) is 5. The first-order valence-electron chi connectivity index (χ1n) is 29.9. The Morgan fingerprint density at radius 3 is 1.19 bits per heavy atom. The van der Waals surface area contributed by atoms with Crippen molar-refractivity contribution in [2.75, 3.05) is 40.9 Å². The van der Waals surface area contributed by atoms with Crippen LogP contribution in [0.5, 0.6) is 0 Å². The predicted molar refractivity (Wildman–Crippen MR) is 300 cm³/mol. The summed E-state index contributed by atoms with van der Waals surface area (Å²) in [6.07, 6.45) is 66.8. The maximum absolute atomic E-state index is 13.0. The lowest BCUT2D eigenvalue weighted by atomic mass is 10.0. The molecule has 0 bridgehead atoms. The third kappa shape index (κ3) is 54.3. The highest BCUT2D eigenvalue weighted by Gasteiger charge is 2.27. The third-order valence-corrected chi connectivity index (χ3v) is 14.6. The van der Waals surface area contributed by atoms with Gasteiger partial charge in [0.2, 0.25) is 5.91 Å². The maximum atomic E-state index is 13.0. The Labute approximate surface area is 429 Å². The average molecular weight is 995 g/mol. The monoisotopic (exact) mass is 994 g/mol. The number of quaternary nitrogens is 1. The van der Waals surface area contributed by atoms with Crippen LogP contribution in [0, 0.1) is 0 Å². The van der Waals surface area contributed by atoms with Gasteiger partial charge >= 0.3 is 7.82 Å². The van der Waals surface area contributed by atoms with Crippen molar-refractivity contribution in [2.45, 2.75) is 302 Å². The van der Waals surface area contributed by atoms with Gasteiger partial charge in [0.25, 0.3) is 0 Å². The first kappa shape index (κ1) is 67.7. The molecule has 3 N–H and O–H groups in total. The highest BCUT2D eigenvalue weighted by atomic mass is 31.2. The number of hydrogen-bond donors (Lipinski definition) is 3. The number of nitrogens with zero attached hydrogens (tertiary/aromatic N) is 1. The molecule has 9 heteroatoms. The fraction of sp³-hybridized carbons (Fsp3) is 0.883. The number of aliphatic hydroxyl groups is 1. The molecule has 0 aromatic heterocycles. The van der Waals surface area contributed by atoms with Gasteiger partial charge in [0.1, 0.15) is 13.2 Å². The van der Waals surface area contributed by atoms with E-state index >= 15 is 0 Å². The van der Waals surface area contributed by atoms with E-state index in [0.717, 1.165) is 44.9 Å². The molecule has 0 heterocycles. The predicted octanol–water partition coefficient (Wildman–Crippen LogP) is 18.2. The summed E-state index contributed by atoms with van der Waals surface area (Å²) >= 11 is 0. The fourth-order valence-corrected chi connectivity index (χ4v) is 9.63. The zero-order chi connectivity index (χ0) is 50.6. The number of nitrogens with one attached hydrogen (secondary N) is 1. The van der Waals surface area contributed by atoms with E-state index in [4.69, 9.17) is 9.05 Å². The van der Waals surface area contributed by atoms with E-state index in [0.29, 0.717) is 17.4 Å². The Balaban J connectivity index is 4.06. The van der Waals surface area contributed by atoms with Crippen LogP contribution < -0.4 is 5.32 Å². The van der Waals surface area contributed by atoms with Gasteiger partial charge in [0.15, 0.2) is 0 Å². The van der Waals surface area contributed by atoms with Gasteiger partial charge in [-0.05, 0) is 51.4 Å². The number of unbranched alkanes of at least 4 members (excludes halogenated alkanes) is 38. The van der Waals surface area contributed by atoms with Gasteiger partial charge in [-0.15, -0.1) is 0 Å². The standard InChI is InChI=1S/C60H117N2O6P/c1-6-8-10-12-14-16-18-20-22-24-25-26-27-28-29-30-31-32-33-34-35-36-37-38-40-42-44-46-48-50-52-54-60(64)61-58(57-68-69(65,66)67-56-55-62(3,4)5)59(63)53-51-49-47-45-43-41-39-23-21-19-17-15-13-11-9-7-2/h18,20,24-25,51,53,58-59,63H,6-17,19,21-23,26-50,52,54-57H2,1-5H3,(H-,61,64,65,66)/p+1/b20-18-,25-24-,53-51+. The van der Waals surface area contributed by atoms with Crippen LogP contribution in [0.15, 0.2) is 36.5 Å². The van der Waals surface area contributed by atoms with Gasteiger partial charge in [-0.3, -0.25) is 13.8 Å². The van der Waals surface area contributed by atoms with Gasteiger partial charge in [0, 0.05) is 6.42 Å². The molecule has 0 spiro atoms. The van der Waals surface area contributed by atoms with Crippen molar-refractivity contribution in [3.05, 3.63) is 36.5 Å². The Morgan fingerprint density at radius 1 is 0.493 bits per heavy atom. The molecule has 0 rings (SSSR count). The van der Waals surface area contributed by atoms with Crippen LogP contribution in [0.2, 0.25) is 0 Å². The third-order valence-electron chi connectivity index (χ3n) is 13.6. The van der Waals surface area contributed by atoms with E-state index in [9.17, 15) is 19.4 Å². The summed E-state index contributed by atoms with van der Waals surface area (Å²) in [6, 6.07) is -0.844. The zero-order valence-corrected chi connectivity index (χ0v) is 47.5. The summed E-state index contributed by atoms with van der Waals surface area (Å²) in [6.45, 7) is 4.84. The molecular weight excluding hydrogens is 876 g/mol. The molecule has 0 saturated carbocycles. The lowest BCUT2D eigenvalue weighted by Gasteiger charge is -2.25. The second-order valence-corrected chi connectivity index (χ2v) is 23.2. The summed E-state index contributed by atoms with van der Waals surface area (Å²) in [5.74, 6) is -0.173. The molecular formula is C60H118N2O6P+. The first-order chi connectivity index (χ1) is 33.5. The molecule has 0 saturated heterocycles. The Morgan fingerprint density at radius 2 is 0.826 bits per heavy atom. The van der Waals surface area contributed by atoms with Crippen LogP contribution >= 0.6 is 7.82 Å². The van der Waals surface area contributed by atoms with Crippen molar-refractivity contribution in [1.82, 2.24) is 5.32 Å². The molecule has 0 aromatic rings. The second-order valence-electron chi connectivity index (χ2n) is 21.7.